The molecule has 0 radical (unpaired) electrons. The third-order valence-electron chi connectivity index (χ3n) is 2.50. The third-order valence-corrected chi connectivity index (χ3v) is 2.77. The van der Waals surface area contributed by atoms with Gasteiger partial charge in [-0.1, -0.05) is 0 Å². The fourth-order valence-electron chi connectivity index (χ4n) is 1.66. The number of esters is 1. The maximum atomic E-state index is 11.4. The lowest BCUT2D eigenvalue weighted by atomic mass is 10.2. The van der Waals surface area contributed by atoms with Crippen LogP contribution < -0.4 is 0 Å². The van der Waals surface area contributed by atoms with E-state index in [9.17, 15) is 4.79 Å². The summed E-state index contributed by atoms with van der Waals surface area (Å²) < 4.78 is 4.67. The molecule has 1 heterocycles. The van der Waals surface area contributed by atoms with Gasteiger partial charge in [-0.2, -0.15) is 0 Å². The minimum Gasteiger partial charge on any atom is -0.465 e. The summed E-state index contributed by atoms with van der Waals surface area (Å²) in [5, 5.41) is 0. The van der Waals surface area contributed by atoms with Crippen molar-refractivity contribution in [3.63, 3.8) is 0 Å². The van der Waals surface area contributed by atoms with E-state index in [1.165, 1.54) is 7.11 Å². The average Bonchev–Trinajstić information content (AvgIpc) is 2.76. The van der Waals surface area contributed by atoms with Crippen LogP contribution in [0.3, 0.4) is 0 Å². The summed E-state index contributed by atoms with van der Waals surface area (Å²) in [6, 6.07) is 5.26. The van der Waals surface area contributed by atoms with Crippen molar-refractivity contribution in [2.45, 2.75) is 12.8 Å². The van der Waals surface area contributed by atoms with Crippen LogP contribution >= 0.6 is 11.6 Å². The number of nitrogens with one attached hydrogen (secondary N) is 1. The molecule has 2 aromatic rings. The molecule has 0 unspecified atom stereocenters. The van der Waals surface area contributed by atoms with Gasteiger partial charge in [0.2, 0.25) is 0 Å². The van der Waals surface area contributed by atoms with Gasteiger partial charge < -0.3 is 9.72 Å². The highest BCUT2D eigenvalue weighted by molar-refractivity contribution is 6.17. The van der Waals surface area contributed by atoms with E-state index in [0.29, 0.717) is 11.4 Å². The zero-order chi connectivity index (χ0) is 12.3. The number of alkyl halides is 1. The van der Waals surface area contributed by atoms with E-state index in [1.54, 1.807) is 12.1 Å². The van der Waals surface area contributed by atoms with Gasteiger partial charge in [0.05, 0.1) is 23.7 Å². The number of hydrogen-bond acceptors (Lipinski definition) is 3. The molecule has 0 saturated carbocycles. The maximum absolute atomic E-state index is 11.4. The lowest BCUT2D eigenvalue weighted by Crippen LogP contribution is -2.00. The normalized spacial score (nSPS) is 10.7. The average molecular weight is 253 g/mol. The second-order valence-electron chi connectivity index (χ2n) is 3.70. The zero-order valence-corrected chi connectivity index (χ0v) is 10.3. The van der Waals surface area contributed by atoms with E-state index in [1.807, 2.05) is 6.07 Å². The van der Waals surface area contributed by atoms with E-state index >= 15 is 0 Å². The lowest BCUT2D eigenvalue weighted by Gasteiger charge is -1.97. The number of aryl methyl sites for hydroxylation is 1. The van der Waals surface area contributed by atoms with Gasteiger partial charge >= 0.3 is 5.97 Å². The Labute approximate surface area is 104 Å². The van der Waals surface area contributed by atoms with Crippen LogP contribution in [-0.2, 0) is 11.2 Å². The Morgan fingerprint density at radius 3 is 3.06 bits per heavy atom. The Morgan fingerprint density at radius 1 is 1.53 bits per heavy atom. The summed E-state index contributed by atoms with van der Waals surface area (Å²) in [5.41, 5.74) is 2.22. The van der Waals surface area contributed by atoms with Crippen LogP contribution in [0.4, 0.5) is 0 Å². The van der Waals surface area contributed by atoms with Crippen LogP contribution in [-0.4, -0.2) is 28.9 Å². The molecule has 0 bridgehead atoms. The lowest BCUT2D eigenvalue weighted by molar-refractivity contribution is 0.0601. The van der Waals surface area contributed by atoms with Crippen molar-refractivity contribution in [2.75, 3.05) is 13.0 Å². The van der Waals surface area contributed by atoms with Crippen molar-refractivity contribution in [1.29, 1.82) is 0 Å². The van der Waals surface area contributed by atoms with Gasteiger partial charge in [0.1, 0.15) is 5.82 Å². The largest absolute Gasteiger partial charge is 0.465 e. The molecule has 0 fully saturated rings. The number of rotatable bonds is 4. The van der Waals surface area contributed by atoms with Crippen molar-refractivity contribution in [2.24, 2.45) is 0 Å². The fourth-order valence-corrected chi connectivity index (χ4v) is 1.79. The number of imidazole rings is 1. The highest BCUT2D eigenvalue weighted by atomic mass is 35.5. The molecule has 0 aliphatic rings. The number of benzene rings is 1. The van der Waals surface area contributed by atoms with E-state index in [0.717, 1.165) is 29.7 Å². The summed E-state index contributed by atoms with van der Waals surface area (Å²) >= 11 is 5.63. The maximum Gasteiger partial charge on any atom is 0.337 e. The number of fused-ring (bicyclic) bond motifs is 1. The number of aromatic amines is 1. The number of aromatic nitrogens is 2. The van der Waals surface area contributed by atoms with Crippen molar-refractivity contribution in [1.82, 2.24) is 9.97 Å². The van der Waals surface area contributed by atoms with Gasteiger partial charge in [0, 0.05) is 12.3 Å². The highest BCUT2D eigenvalue weighted by Crippen LogP contribution is 2.15. The predicted octanol–water partition coefficient (Wildman–Crippen LogP) is 2.52. The van der Waals surface area contributed by atoms with Gasteiger partial charge in [-0.25, -0.2) is 9.78 Å². The highest BCUT2D eigenvalue weighted by Gasteiger charge is 2.08. The number of ether oxygens (including phenoxy) is 1. The number of carbonyl (C=O) groups is 1. The number of halogens is 1. The number of carbonyl (C=O) groups excluding carboxylic acids is 1. The van der Waals surface area contributed by atoms with Crippen LogP contribution in [0.15, 0.2) is 18.2 Å². The fraction of sp³-hybridized carbons (Fsp3) is 0.333. The number of hydrogen-bond donors (Lipinski definition) is 1. The molecule has 1 aromatic heterocycles. The molecule has 0 spiro atoms. The molecule has 0 aliphatic carbocycles. The number of H-pyrrole nitrogens is 1. The molecule has 0 aliphatic heterocycles. The summed E-state index contributed by atoms with van der Waals surface area (Å²) in [7, 11) is 1.37. The first kappa shape index (κ1) is 11.9. The molecular weight excluding hydrogens is 240 g/mol. The van der Waals surface area contributed by atoms with Crippen LogP contribution in [0.2, 0.25) is 0 Å². The molecule has 1 N–H and O–H groups in total. The molecule has 4 nitrogen and oxygen atoms in total. The minimum absolute atomic E-state index is 0.344. The summed E-state index contributed by atoms with van der Waals surface area (Å²) in [4.78, 5) is 18.9. The van der Waals surface area contributed by atoms with E-state index in [2.05, 4.69) is 14.7 Å². The first-order chi connectivity index (χ1) is 8.24. The smallest absolute Gasteiger partial charge is 0.337 e. The van der Waals surface area contributed by atoms with Crippen LogP contribution in [0, 0.1) is 0 Å². The SMILES string of the molecule is COC(=O)c1ccc2nc(CCCCl)[nH]c2c1. The Kier molecular flexibility index (Phi) is 3.64. The van der Waals surface area contributed by atoms with Crippen LogP contribution in [0.5, 0.6) is 0 Å². The molecule has 17 heavy (non-hydrogen) atoms. The zero-order valence-electron chi connectivity index (χ0n) is 9.50. The molecule has 5 heteroatoms. The van der Waals surface area contributed by atoms with Gasteiger partial charge in [0.15, 0.2) is 0 Å². The second-order valence-corrected chi connectivity index (χ2v) is 4.08. The molecule has 90 valence electrons. The topological polar surface area (TPSA) is 55.0 Å². The Morgan fingerprint density at radius 2 is 2.35 bits per heavy atom. The first-order valence-electron chi connectivity index (χ1n) is 5.37. The number of nitrogens with zero attached hydrogens (tertiary/aromatic N) is 1. The number of methoxy groups -OCH3 is 1. The third kappa shape index (κ3) is 2.58. The molecule has 0 atom stereocenters. The van der Waals surface area contributed by atoms with Crippen LogP contribution in [0.25, 0.3) is 11.0 Å². The van der Waals surface area contributed by atoms with Crippen molar-refractivity contribution in [3.05, 3.63) is 29.6 Å². The predicted molar refractivity (Wildman–Crippen MR) is 66.5 cm³/mol. The van der Waals surface area contributed by atoms with Crippen molar-refractivity contribution >= 4 is 28.6 Å². The Balaban J connectivity index is 2.31. The molecule has 0 amide bonds. The first-order valence-corrected chi connectivity index (χ1v) is 5.91. The summed E-state index contributed by atoms with van der Waals surface area (Å²) in [5.74, 6) is 1.16. The molecule has 1 aromatic carbocycles. The van der Waals surface area contributed by atoms with Crippen LogP contribution in [0.1, 0.15) is 22.6 Å². The summed E-state index contributed by atoms with van der Waals surface area (Å²) in [6.07, 6.45) is 1.69. The van der Waals surface area contributed by atoms with Gasteiger partial charge in [-0.3, -0.25) is 0 Å². The van der Waals surface area contributed by atoms with Gasteiger partial charge in [0.25, 0.3) is 0 Å². The Hall–Kier alpha value is -1.55. The standard InChI is InChI=1S/C12H13ClN2O2/c1-17-12(16)8-4-5-9-10(7-8)15-11(14-9)3-2-6-13/h4-5,7H,2-3,6H2,1H3,(H,14,15). The quantitative estimate of drug-likeness (QED) is 0.672. The van der Waals surface area contributed by atoms with E-state index in [4.69, 9.17) is 11.6 Å². The molecule has 0 saturated heterocycles. The van der Waals surface area contributed by atoms with Gasteiger partial charge in [-0.05, 0) is 24.6 Å². The van der Waals surface area contributed by atoms with Gasteiger partial charge in [-0.15, -0.1) is 11.6 Å². The monoisotopic (exact) mass is 252 g/mol. The molecule has 2 rings (SSSR count). The molecular formula is C12H13ClN2O2. The van der Waals surface area contributed by atoms with E-state index < -0.39 is 0 Å². The minimum atomic E-state index is -0.344. The Bertz CT molecular complexity index is 536. The van der Waals surface area contributed by atoms with Crippen molar-refractivity contribution in [3.8, 4) is 0 Å². The summed E-state index contributed by atoms with van der Waals surface area (Å²) in [6.45, 7) is 0. The van der Waals surface area contributed by atoms with Crippen molar-refractivity contribution < 1.29 is 9.53 Å². The van der Waals surface area contributed by atoms with E-state index in [-0.39, 0.29) is 5.97 Å². The second kappa shape index (κ2) is 5.19.